The third-order valence-corrected chi connectivity index (χ3v) is 2.11. The van der Waals surface area contributed by atoms with Crippen LogP contribution < -0.4 is 16.0 Å². The average Bonchev–Trinajstić information content (AvgIpc) is 2.26. The fourth-order valence-corrected chi connectivity index (χ4v) is 1.30. The van der Waals surface area contributed by atoms with E-state index in [1.807, 2.05) is 14.0 Å². The molecule has 16 heavy (non-hydrogen) atoms. The molecular weight excluding hydrogens is 206 g/mol. The summed E-state index contributed by atoms with van der Waals surface area (Å²) in [5.74, 6) is 1.55. The summed E-state index contributed by atoms with van der Waals surface area (Å²) in [6.07, 6.45) is 1.50. The zero-order chi connectivity index (χ0) is 12.0. The molecule has 0 spiro atoms. The first-order valence-electron chi connectivity index (χ1n) is 5.12. The van der Waals surface area contributed by atoms with Crippen molar-refractivity contribution in [3.8, 4) is 0 Å². The lowest BCUT2D eigenvalue weighted by Gasteiger charge is -2.10. The van der Waals surface area contributed by atoms with E-state index in [4.69, 9.17) is 0 Å². The first kappa shape index (κ1) is 12.2. The number of rotatable bonds is 5. The Morgan fingerprint density at radius 2 is 2.00 bits per heavy atom. The molecule has 1 heterocycles. The van der Waals surface area contributed by atoms with Crippen LogP contribution >= 0.6 is 0 Å². The van der Waals surface area contributed by atoms with Gasteiger partial charge in [-0.3, -0.25) is 4.79 Å². The predicted molar refractivity (Wildman–Crippen MR) is 63.5 cm³/mol. The van der Waals surface area contributed by atoms with Crippen molar-refractivity contribution in [1.82, 2.24) is 15.3 Å². The second-order valence-electron chi connectivity index (χ2n) is 3.36. The molecule has 0 saturated heterocycles. The third-order valence-electron chi connectivity index (χ3n) is 2.11. The Balaban J connectivity index is 2.50. The standard InChI is InChI=1S/C10H17N5O/c1-7-9(11-3)14-6-15-10(7)13-5-4-12-8(2)16/h6H,4-5H2,1-3H3,(H,12,16)(H2,11,13,14,15). The van der Waals surface area contributed by atoms with Gasteiger partial charge in [0.05, 0.1) is 0 Å². The van der Waals surface area contributed by atoms with E-state index in [-0.39, 0.29) is 5.91 Å². The van der Waals surface area contributed by atoms with Crippen LogP contribution in [0.2, 0.25) is 0 Å². The van der Waals surface area contributed by atoms with Gasteiger partial charge in [-0.1, -0.05) is 0 Å². The van der Waals surface area contributed by atoms with Crippen molar-refractivity contribution in [3.05, 3.63) is 11.9 Å². The monoisotopic (exact) mass is 223 g/mol. The second kappa shape index (κ2) is 5.89. The number of hydrogen-bond donors (Lipinski definition) is 3. The molecule has 0 fully saturated rings. The van der Waals surface area contributed by atoms with E-state index in [2.05, 4.69) is 25.9 Å². The largest absolute Gasteiger partial charge is 0.373 e. The molecular formula is C10H17N5O. The topological polar surface area (TPSA) is 78.9 Å². The van der Waals surface area contributed by atoms with Crippen LogP contribution in [0.1, 0.15) is 12.5 Å². The Morgan fingerprint density at radius 1 is 1.31 bits per heavy atom. The van der Waals surface area contributed by atoms with E-state index in [0.717, 1.165) is 17.2 Å². The molecule has 3 N–H and O–H groups in total. The summed E-state index contributed by atoms with van der Waals surface area (Å²) in [4.78, 5) is 18.9. The maximum atomic E-state index is 10.6. The number of amides is 1. The van der Waals surface area contributed by atoms with Gasteiger partial charge in [0.1, 0.15) is 18.0 Å². The number of carbonyl (C=O) groups is 1. The highest BCUT2D eigenvalue weighted by molar-refractivity contribution is 5.72. The highest BCUT2D eigenvalue weighted by atomic mass is 16.1. The molecule has 0 aromatic carbocycles. The van der Waals surface area contributed by atoms with Crippen LogP contribution in [0.5, 0.6) is 0 Å². The van der Waals surface area contributed by atoms with Crippen molar-refractivity contribution in [1.29, 1.82) is 0 Å². The zero-order valence-electron chi connectivity index (χ0n) is 9.79. The van der Waals surface area contributed by atoms with Crippen molar-refractivity contribution < 1.29 is 4.79 Å². The predicted octanol–water partition coefficient (Wildman–Crippen LogP) is 0.375. The minimum Gasteiger partial charge on any atom is -0.373 e. The van der Waals surface area contributed by atoms with Crippen LogP contribution in [0.25, 0.3) is 0 Å². The van der Waals surface area contributed by atoms with Crippen LogP contribution in [-0.2, 0) is 4.79 Å². The number of nitrogens with zero attached hydrogens (tertiary/aromatic N) is 2. The molecule has 6 heteroatoms. The van der Waals surface area contributed by atoms with Crippen LogP contribution in [-0.4, -0.2) is 36.0 Å². The highest BCUT2D eigenvalue weighted by Crippen LogP contribution is 2.16. The average molecular weight is 223 g/mol. The van der Waals surface area contributed by atoms with Crippen molar-refractivity contribution in [2.24, 2.45) is 0 Å². The summed E-state index contributed by atoms with van der Waals surface area (Å²) in [5, 5.41) is 8.82. The van der Waals surface area contributed by atoms with E-state index >= 15 is 0 Å². The highest BCUT2D eigenvalue weighted by Gasteiger charge is 2.04. The van der Waals surface area contributed by atoms with Crippen molar-refractivity contribution in [2.45, 2.75) is 13.8 Å². The molecule has 0 bridgehead atoms. The van der Waals surface area contributed by atoms with Gasteiger partial charge in [-0.25, -0.2) is 9.97 Å². The van der Waals surface area contributed by atoms with Crippen LogP contribution in [0.4, 0.5) is 11.6 Å². The number of nitrogens with one attached hydrogen (secondary N) is 3. The molecule has 6 nitrogen and oxygen atoms in total. The fourth-order valence-electron chi connectivity index (χ4n) is 1.30. The molecule has 0 atom stereocenters. The van der Waals surface area contributed by atoms with Gasteiger partial charge >= 0.3 is 0 Å². The molecule has 0 aliphatic carbocycles. The minimum absolute atomic E-state index is 0.0304. The summed E-state index contributed by atoms with van der Waals surface area (Å²) in [6, 6.07) is 0. The Hall–Kier alpha value is -1.85. The molecule has 0 unspecified atom stereocenters. The van der Waals surface area contributed by atoms with Gasteiger partial charge in [-0.05, 0) is 6.92 Å². The quantitative estimate of drug-likeness (QED) is 0.629. The van der Waals surface area contributed by atoms with Crippen LogP contribution in [0, 0.1) is 6.92 Å². The molecule has 0 radical (unpaired) electrons. The molecule has 1 rings (SSSR count). The van der Waals surface area contributed by atoms with E-state index in [1.165, 1.54) is 13.3 Å². The lowest BCUT2D eigenvalue weighted by molar-refractivity contribution is -0.118. The molecule has 1 aromatic rings. The van der Waals surface area contributed by atoms with Gasteiger partial charge in [-0.15, -0.1) is 0 Å². The molecule has 1 aromatic heterocycles. The maximum absolute atomic E-state index is 10.6. The van der Waals surface area contributed by atoms with Gasteiger partial charge in [0.2, 0.25) is 5.91 Å². The lowest BCUT2D eigenvalue weighted by Crippen LogP contribution is -2.26. The zero-order valence-corrected chi connectivity index (χ0v) is 9.79. The Kier molecular flexibility index (Phi) is 4.50. The van der Waals surface area contributed by atoms with Crippen LogP contribution in [0.15, 0.2) is 6.33 Å². The number of aromatic nitrogens is 2. The van der Waals surface area contributed by atoms with Crippen molar-refractivity contribution in [2.75, 3.05) is 30.8 Å². The first-order chi connectivity index (χ1) is 7.65. The molecule has 0 aliphatic rings. The normalized spacial score (nSPS) is 9.69. The fraction of sp³-hybridized carbons (Fsp3) is 0.500. The number of anilines is 2. The van der Waals surface area contributed by atoms with Crippen LogP contribution in [0.3, 0.4) is 0 Å². The molecule has 0 saturated carbocycles. The van der Waals surface area contributed by atoms with Gasteiger partial charge in [-0.2, -0.15) is 0 Å². The van der Waals surface area contributed by atoms with Crippen molar-refractivity contribution in [3.63, 3.8) is 0 Å². The smallest absolute Gasteiger partial charge is 0.216 e. The third kappa shape index (κ3) is 3.38. The van der Waals surface area contributed by atoms with Crippen molar-refractivity contribution >= 4 is 17.5 Å². The summed E-state index contributed by atoms with van der Waals surface area (Å²) < 4.78 is 0. The maximum Gasteiger partial charge on any atom is 0.216 e. The molecule has 0 aliphatic heterocycles. The Bertz CT molecular complexity index is 366. The number of carbonyl (C=O) groups excluding carboxylic acids is 1. The Morgan fingerprint density at radius 3 is 2.62 bits per heavy atom. The SMILES string of the molecule is CNc1ncnc(NCCNC(C)=O)c1C. The summed E-state index contributed by atoms with van der Waals surface area (Å²) in [5.41, 5.74) is 0.966. The summed E-state index contributed by atoms with van der Waals surface area (Å²) in [6.45, 7) is 4.65. The minimum atomic E-state index is -0.0304. The van der Waals surface area contributed by atoms with E-state index in [1.54, 1.807) is 0 Å². The Labute approximate surface area is 94.9 Å². The lowest BCUT2D eigenvalue weighted by atomic mass is 10.3. The molecule has 88 valence electrons. The number of hydrogen-bond acceptors (Lipinski definition) is 5. The van der Waals surface area contributed by atoms with Gasteiger partial charge in [0.25, 0.3) is 0 Å². The second-order valence-corrected chi connectivity index (χ2v) is 3.36. The summed E-state index contributed by atoms with van der Waals surface area (Å²) >= 11 is 0. The van der Waals surface area contributed by atoms with Gasteiger partial charge in [0.15, 0.2) is 0 Å². The van der Waals surface area contributed by atoms with E-state index < -0.39 is 0 Å². The van der Waals surface area contributed by atoms with E-state index in [9.17, 15) is 4.79 Å². The first-order valence-corrected chi connectivity index (χ1v) is 5.12. The summed E-state index contributed by atoms with van der Waals surface area (Å²) in [7, 11) is 1.82. The molecule has 1 amide bonds. The van der Waals surface area contributed by atoms with Gasteiger partial charge < -0.3 is 16.0 Å². The van der Waals surface area contributed by atoms with Gasteiger partial charge in [0, 0.05) is 32.6 Å². The van der Waals surface area contributed by atoms with E-state index in [0.29, 0.717) is 13.1 Å².